The molecule has 0 bridgehead atoms. The summed E-state index contributed by atoms with van der Waals surface area (Å²) in [6.07, 6.45) is 4.52. The van der Waals surface area contributed by atoms with Gasteiger partial charge in [0.25, 0.3) is 0 Å². The fraction of sp³-hybridized carbons (Fsp3) is 0.435. The van der Waals surface area contributed by atoms with Crippen LogP contribution in [0.3, 0.4) is 0 Å². The molecule has 156 valence electrons. The number of sulfonamides is 1. The molecule has 1 saturated carbocycles. The van der Waals surface area contributed by atoms with Gasteiger partial charge in [0, 0.05) is 0 Å². The van der Waals surface area contributed by atoms with Gasteiger partial charge in [0.2, 0.25) is 15.9 Å². The topological polar surface area (TPSA) is 75.3 Å². The second kappa shape index (κ2) is 8.99. The van der Waals surface area contributed by atoms with Crippen LogP contribution >= 0.6 is 0 Å². The summed E-state index contributed by atoms with van der Waals surface area (Å²) < 4.78 is 25.7. The highest BCUT2D eigenvalue weighted by molar-refractivity contribution is 7.92. The predicted molar refractivity (Wildman–Crippen MR) is 117 cm³/mol. The Morgan fingerprint density at radius 2 is 1.72 bits per heavy atom. The van der Waals surface area contributed by atoms with Gasteiger partial charge in [-0.2, -0.15) is 0 Å². The van der Waals surface area contributed by atoms with Crippen molar-refractivity contribution in [2.45, 2.75) is 45.6 Å². The van der Waals surface area contributed by atoms with Crippen LogP contribution in [0.15, 0.2) is 48.5 Å². The van der Waals surface area contributed by atoms with Gasteiger partial charge in [-0.25, -0.2) is 8.42 Å². The van der Waals surface area contributed by atoms with Gasteiger partial charge in [-0.1, -0.05) is 56.3 Å². The maximum absolute atomic E-state index is 12.8. The molecule has 1 aliphatic carbocycles. The minimum Gasteiger partial charge on any atom is -0.349 e. The smallest absolute Gasteiger partial charge is 0.229 e. The first-order valence-corrected chi connectivity index (χ1v) is 12.0. The van der Waals surface area contributed by atoms with Crippen LogP contribution in [-0.2, 0) is 27.7 Å². The fourth-order valence-electron chi connectivity index (χ4n) is 3.61. The van der Waals surface area contributed by atoms with Crippen LogP contribution < -0.4 is 10.0 Å². The summed E-state index contributed by atoms with van der Waals surface area (Å²) in [6, 6.07) is 15.6. The normalized spacial score (nSPS) is 15.2. The summed E-state index contributed by atoms with van der Waals surface area (Å²) >= 11 is 0. The summed E-state index contributed by atoms with van der Waals surface area (Å²) in [7, 11) is -3.40. The lowest BCUT2D eigenvalue weighted by Crippen LogP contribution is -2.31. The number of hydrogen-bond acceptors (Lipinski definition) is 3. The number of rotatable bonds is 9. The molecule has 0 spiro atoms. The van der Waals surface area contributed by atoms with Crippen molar-refractivity contribution in [2.24, 2.45) is 11.8 Å². The molecule has 1 atom stereocenters. The third-order valence-corrected chi connectivity index (χ3v) is 5.65. The van der Waals surface area contributed by atoms with E-state index in [9.17, 15) is 13.2 Å². The van der Waals surface area contributed by atoms with Crippen molar-refractivity contribution in [1.82, 2.24) is 5.32 Å². The SMILES string of the molecule is CC(C)Cc1ccc(C(NC(=O)Cc2ccccc2NS(C)(=O)=O)C2CC2)cc1. The highest BCUT2D eigenvalue weighted by atomic mass is 32.2. The van der Waals surface area contributed by atoms with E-state index in [1.54, 1.807) is 18.2 Å². The highest BCUT2D eigenvalue weighted by Gasteiger charge is 2.33. The van der Waals surface area contributed by atoms with Gasteiger partial charge in [0.05, 0.1) is 24.4 Å². The monoisotopic (exact) mass is 414 g/mol. The molecule has 2 N–H and O–H groups in total. The summed E-state index contributed by atoms with van der Waals surface area (Å²) in [5.74, 6) is 0.982. The van der Waals surface area contributed by atoms with Crippen molar-refractivity contribution in [3.8, 4) is 0 Å². The molecule has 2 aromatic carbocycles. The van der Waals surface area contributed by atoms with Crippen LogP contribution in [0.25, 0.3) is 0 Å². The van der Waals surface area contributed by atoms with E-state index in [2.05, 4.69) is 48.2 Å². The number of hydrogen-bond donors (Lipinski definition) is 2. The van der Waals surface area contributed by atoms with Gasteiger partial charge < -0.3 is 5.32 Å². The molecule has 6 heteroatoms. The number of nitrogens with one attached hydrogen (secondary N) is 2. The minimum atomic E-state index is -3.40. The van der Waals surface area contributed by atoms with E-state index in [1.807, 2.05) is 6.07 Å². The second-order valence-corrected chi connectivity index (χ2v) is 10.2. The van der Waals surface area contributed by atoms with Crippen LogP contribution in [0.2, 0.25) is 0 Å². The molecule has 2 aromatic rings. The van der Waals surface area contributed by atoms with Crippen LogP contribution in [-0.4, -0.2) is 20.6 Å². The summed E-state index contributed by atoms with van der Waals surface area (Å²) in [4.78, 5) is 12.8. The first kappa shape index (κ1) is 21.4. The largest absolute Gasteiger partial charge is 0.349 e. The molecule has 0 heterocycles. The maximum Gasteiger partial charge on any atom is 0.229 e. The van der Waals surface area contributed by atoms with E-state index >= 15 is 0 Å². The van der Waals surface area contributed by atoms with E-state index in [4.69, 9.17) is 0 Å². The molecule has 3 rings (SSSR count). The first-order chi connectivity index (χ1) is 13.7. The van der Waals surface area contributed by atoms with Gasteiger partial charge in [0.15, 0.2) is 0 Å². The van der Waals surface area contributed by atoms with E-state index in [-0.39, 0.29) is 18.4 Å². The molecule has 1 fully saturated rings. The summed E-state index contributed by atoms with van der Waals surface area (Å²) in [6.45, 7) is 4.41. The van der Waals surface area contributed by atoms with E-state index in [0.29, 0.717) is 23.1 Å². The number of para-hydroxylation sites is 1. The van der Waals surface area contributed by atoms with Crippen LogP contribution in [0, 0.1) is 11.8 Å². The third-order valence-electron chi connectivity index (χ3n) is 5.06. The Morgan fingerprint density at radius 3 is 2.31 bits per heavy atom. The molecular formula is C23H30N2O3S. The van der Waals surface area contributed by atoms with Crippen LogP contribution in [0.4, 0.5) is 5.69 Å². The quantitative estimate of drug-likeness (QED) is 0.650. The second-order valence-electron chi connectivity index (χ2n) is 8.43. The number of amides is 1. The van der Waals surface area contributed by atoms with Gasteiger partial charge in [-0.05, 0) is 53.9 Å². The van der Waals surface area contributed by atoms with Crippen LogP contribution in [0.1, 0.15) is 49.4 Å². The molecule has 0 saturated heterocycles. The number of benzene rings is 2. The van der Waals surface area contributed by atoms with Crippen molar-refractivity contribution in [1.29, 1.82) is 0 Å². The van der Waals surface area contributed by atoms with Gasteiger partial charge >= 0.3 is 0 Å². The molecule has 1 amide bonds. The van der Waals surface area contributed by atoms with Crippen molar-refractivity contribution < 1.29 is 13.2 Å². The minimum absolute atomic E-state index is 0.00521. The lowest BCUT2D eigenvalue weighted by atomic mass is 9.97. The Labute approximate surface area is 174 Å². The lowest BCUT2D eigenvalue weighted by molar-refractivity contribution is -0.121. The zero-order valence-electron chi connectivity index (χ0n) is 17.3. The molecular weight excluding hydrogens is 384 g/mol. The van der Waals surface area contributed by atoms with Crippen molar-refractivity contribution >= 4 is 21.6 Å². The van der Waals surface area contributed by atoms with Crippen LogP contribution in [0.5, 0.6) is 0 Å². The number of carbonyl (C=O) groups is 1. The Morgan fingerprint density at radius 1 is 1.07 bits per heavy atom. The van der Waals surface area contributed by atoms with E-state index in [0.717, 1.165) is 31.1 Å². The third kappa shape index (κ3) is 6.60. The molecule has 0 radical (unpaired) electrons. The molecule has 0 aromatic heterocycles. The van der Waals surface area contributed by atoms with Crippen molar-refractivity contribution in [3.05, 3.63) is 65.2 Å². The average molecular weight is 415 g/mol. The molecule has 0 aliphatic heterocycles. The summed E-state index contributed by atoms with van der Waals surface area (Å²) in [5.41, 5.74) is 3.56. The summed E-state index contributed by atoms with van der Waals surface area (Å²) in [5, 5.41) is 3.18. The van der Waals surface area contributed by atoms with E-state index in [1.165, 1.54) is 5.56 Å². The van der Waals surface area contributed by atoms with E-state index < -0.39 is 10.0 Å². The first-order valence-electron chi connectivity index (χ1n) is 10.1. The fourth-order valence-corrected chi connectivity index (χ4v) is 4.21. The van der Waals surface area contributed by atoms with Crippen molar-refractivity contribution in [2.75, 3.05) is 11.0 Å². The maximum atomic E-state index is 12.8. The highest BCUT2D eigenvalue weighted by Crippen LogP contribution is 2.41. The molecule has 1 unspecified atom stereocenters. The van der Waals surface area contributed by atoms with Gasteiger partial charge in [-0.15, -0.1) is 0 Å². The van der Waals surface area contributed by atoms with Crippen molar-refractivity contribution in [3.63, 3.8) is 0 Å². The average Bonchev–Trinajstić information content (AvgIpc) is 3.45. The lowest BCUT2D eigenvalue weighted by Gasteiger charge is -2.20. The molecule has 1 aliphatic rings. The molecule has 5 nitrogen and oxygen atoms in total. The Balaban J connectivity index is 1.70. The number of anilines is 1. The zero-order valence-corrected chi connectivity index (χ0v) is 18.1. The van der Waals surface area contributed by atoms with Gasteiger partial charge in [-0.3, -0.25) is 9.52 Å². The van der Waals surface area contributed by atoms with Gasteiger partial charge in [0.1, 0.15) is 0 Å². The zero-order chi connectivity index (χ0) is 21.0. The molecule has 29 heavy (non-hydrogen) atoms. The Bertz CT molecular complexity index is 948. The number of carbonyl (C=O) groups excluding carboxylic acids is 1. The standard InChI is InChI=1S/C23H30N2O3S/c1-16(2)14-17-8-10-18(11-9-17)23(19-12-13-19)24-22(26)15-20-6-4-5-7-21(20)25-29(3,27)28/h4-11,16,19,23,25H,12-15H2,1-3H3,(H,24,26). The Kier molecular flexibility index (Phi) is 6.63. The Hall–Kier alpha value is -2.34. The predicted octanol–water partition coefficient (Wildman–Crippen LogP) is 4.07.